The number of nitrogens with zero attached hydrogens (tertiary/aromatic N) is 1. The van der Waals surface area contributed by atoms with E-state index in [1.54, 1.807) is 18.5 Å². The van der Waals surface area contributed by atoms with Crippen molar-refractivity contribution in [2.45, 2.75) is 6.61 Å². The van der Waals surface area contributed by atoms with Crippen molar-refractivity contribution < 1.29 is 9.84 Å². The Hall–Kier alpha value is -1.39. The van der Waals surface area contributed by atoms with Crippen LogP contribution >= 0.6 is 15.9 Å². The van der Waals surface area contributed by atoms with Gasteiger partial charge < -0.3 is 9.84 Å². The van der Waals surface area contributed by atoms with E-state index in [-0.39, 0.29) is 6.61 Å². The molecule has 0 radical (unpaired) electrons. The van der Waals surface area contributed by atoms with Gasteiger partial charge in [0, 0.05) is 22.4 Å². The minimum atomic E-state index is -0.0836. The van der Waals surface area contributed by atoms with Crippen LogP contribution in [-0.4, -0.2) is 10.1 Å². The molecule has 0 aliphatic carbocycles. The minimum absolute atomic E-state index is 0.0836. The first-order valence-corrected chi connectivity index (χ1v) is 5.56. The Balaban J connectivity index is 2.23. The molecule has 2 aromatic rings. The second kappa shape index (κ2) is 5.09. The fourth-order valence-corrected chi connectivity index (χ4v) is 1.53. The smallest absolute Gasteiger partial charge is 0.136 e. The first-order valence-electron chi connectivity index (χ1n) is 4.77. The molecule has 0 saturated carbocycles. The van der Waals surface area contributed by atoms with Gasteiger partial charge in [0.05, 0.1) is 6.61 Å². The van der Waals surface area contributed by atoms with E-state index >= 15 is 0 Å². The van der Waals surface area contributed by atoms with Crippen molar-refractivity contribution in [2.75, 3.05) is 0 Å². The molecule has 1 N–H and O–H groups in total. The number of aliphatic hydroxyl groups excluding tert-OH is 1. The van der Waals surface area contributed by atoms with Gasteiger partial charge in [0.2, 0.25) is 0 Å². The van der Waals surface area contributed by atoms with Crippen molar-refractivity contribution in [3.05, 3.63) is 52.8 Å². The van der Waals surface area contributed by atoms with Gasteiger partial charge in [-0.1, -0.05) is 15.9 Å². The number of hydrogen-bond acceptors (Lipinski definition) is 3. The summed E-state index contributed by atoms with van der Waals surface area (Å²) in [6.07, 6.45) is 3.22. The van der Waals surface area contributed by atoms with Crippen LogP contribution in [0.15, 0.2) is 47.2 Å². The molecule has 0 aliphatic rings. The number of aliphatic hydroxyl groups is 1. The van der Waals surface area contributed by atoms with E-state index in [1.165, 1.54) is 0 Å². The molecule has 0 bridgehead atoms. The van der Waals surface area contributed by atoms with Crippen LogP contribution in [0, 0.1) is 0 Å². The summed E-state index contributed by atoms with van der Waals surface area (Å²) in [5.74, 6) is 1.35. The lowest BCUT2D eigenvalue weighted by molar-refractivity contribution is 0.276. The second-order valence-corrected chi connectivity index (χ2v) is 4.11. The van der Waals surface area contributed by atoms with E-state index in [0.29, 0.717) is 11.3 Å². The Labute approximate surface area is 102 Å². The highest BCUT2D eigenvalue weighted by Gasteiger charge is 2.03. The van der Waals surface area contributed by atoms with E-state index in [4.69, 9.17) is 9.84 Å². The zero-order chi connectivity index (χ0) is 11.4. The molecule has 1 aromatic heterocycles. The molecule has 0 aliphatic heterocycles. The number of hydrogen-bond donors (Lipinski definition) is 1. The maximum Gasteiger partial charge on any atom is 0.136 e. The Kier molecular flexibility index (Phi) is 3.54. The SMILES string of the molecule is OCc1cnccc1Oc1ccc(Br)cc1. The maximum absolute atomic E-state index is 9.11. The molecule has 3 nitrogen and oxygen atoms in total. The van der Waals surface area contributed by atoms with E-state index in [9.17, 15) is 0 Å². The molecule has 1 heterocycles. The first-order chi connectivity index (χ1) is 7.79. The van der Waals surface area contributed by atoms with Gasteiger partial charge >= 0.3 is 0 Å². The summed E-state index contributed by atoms with van der Waals surface area (Å²) >= 11 is 3.35. The molecule has 2 rings (SSSR count). The first kappa shape index (κ1) is 11.1. The highest BCUT2D eigenvalue weighted by molar-refractivity contribution is 9.10. The van der Waals surface area contributed by atoms with Crippen molar-refractivity contribution in [1.82, 2.24) is 4.98 Å². The zero-order valence-electron chi connectivity index (χ0n) is 8.43. The molecule has 16 heavy (non-hydrogen) atoms. The lowest BCUT2D eigenvalue weighted by atomic mass is 10.2. The predicted molar refractivity (Wildman–Crippen MR) is 64.4 cm³/mol. The van der Waals surface area contributed by atoms with Crippen LogP contribution in [0.2, 0.25) is 0 Å². The van der Waals surface area contributed by atoms with Crippen molar-refractivity contribution in [2.24, 2.45) is 0 Å². The summed E-state index contributed by atoms with van der Waals surface area (Å²) in [6, 6.07) is 9.23. The Bertz CT molecular complexity index is 471. The Morgan fingerprint density at radius 3 is 2.62 bits per heavy atom. The van der Waals surface area contributed by atoms with Crippen LogP contribution in [0.1, 0.15) is 5.56 Å². The summed E-state index contributed by atoms with van der Waals surface area (Å²) in [6.45, 7) is -0.0836. The van der Waals surface area contributed by atoms with Gasteiger partial charge in [0.15, 0.2) is 0 Å². The van der Waals surface area contributed by atoms with Crippen LogP contribution in [-0.2, 0) is 6.61 Å². The lowest BCUT2D eigenvalue weighted by Crippen LogP contribution is -1.92. The number of rotatable bonds is 3. The Morgan fingerprint density at radius 2 is 1.94 bits per heavy atom. The molecular formula is C12H10BrNO2. The van der Waals surface area contributed by atoms with Crippen molar-refractivity contribution >= 4 is 15.9 Å². The van der Waals surface area contributed by atoms with Gasteiger partial charge in [-0.15, -0.1) is 0 Å². The average Bonchev–Trinajstić information content (AvgIpc) is 2.33. The lowest BCUT2D eigenvalue weighted by Gasteiger charge is -2.08. The zero-order valence-corrected chi connectivity index (χ0v) is 10.0. The fourth-order valence-electron chi connectivity index (χ4n) is 1.26. The fraction of sp³-hybridized carbons (Fsp3) is 0.0833. The Morgan fingerprint density at radius 1 is 1.19 bits per heavy atom. The quantitative estimate of drug-likeness (QED) is 0.939. The van der Waals surface area contributed by atoms with Gasteiger partial charge in [-0.25, -0.2) is 0 Å². The number of ether oxygens (including phenoxy) is 1. The molecule has 0 saturated heterocycles. The van der Waals surface area contributed by atoms with Gasteiger partial charge in [-0.05, 0) is 30.3 Å². The third-order valence-corrected chi connectivity index (χ3v) is 2.60. The third kappa shape index (κ3) is 2.59. The topological polar surface area (TPSA) is 42.4 Å². The van der Waals surface area contributed by atoms with Crippen LogP contribution in [0.4, 0.5) is 0 Å². The average molecular weight is 280 g/mol. The van der Waals surface area contributed by atoms with E-state index in [0.717, 1.165) is 10.2 Å². The highest BCUT2D eigenvalue weighted by atomic mass is 79.9. The van der Waals surface area contributed by atoms with Crippen molar-refractivity contribution in [3.63, 3.8) is 0 Å². The predicted octanol–water partition coefficient (Wildman–Crippen LogP) is 3.13. The monoisotopic (exact) mass is 279 g/mol. The molecule has 82 valence electrons. The summed E-state index contributed by atoms with van der Waals surface area (Å²) < 4.78 is 6.63. The second-order valence-electron chi connectivity index (χ2n) is 3.20. The largest absolute Gasteiger partial charge is 0.457 e. The molecule has 0 unspecified atom stereocenters. The third-order valence-electron chi connectivity index (χ3n) is 2.07. The molecule has 4 heteroatoms. The maximum atomic E-state index is 9.11. The number of benzene rings is 1. The standard InChI is InChI=1S/C12H10BrNO2/c13-10-1-3-11(4-2-10)16-12-5-6-14-7-9(12)8-15/h1-7,15H,8H2. The molecule has 0 atom stereocenters. The molecular weight excluding hydrogens is 270 g/mol. The van der Waals surface area contributed by atoms with Crippen molar-refractivity contribution in [3.8, 4) is 11.5 Å². The van der Waals surface area contributed by atoms with E-state index in [2.05, 4.69) is 20.9 Å². The van der Waals surface area contributed by atoms with Crippen LogP contribution < -0.4 is 4.74 Å². The summed E-state index contributed by atoms with van der Waals surface area (Å²) in [5.41, 5.74) is 0.672. The summed E-state index contributed by atoms with van der Waals surface area (Å²) in [7, 11) is 0. The number of pyridine rings is 1. The van der Waals surface area contributed by atoms with E-state index in [1.807, 2.05) is 24.3 Å². The molecule has 0 fully saturated rings. The van der Waals surface area contributed by atoms with E-state index < -0.39 is 0 Å². The number of halogens is 1. The molecule has 0 amide bonds. The van der Waals surface area contributed by atoms with Gasteiger partial charge in [0.1, 0.15) is 11.5 Å². The summed E-state index contributed by atoms with van der Waals surface area (Å²) in [4.78, 5) is 3.92. The van der Waals surface area contributed by atoms with Crippen LogP contribution in [0.3, 0.4) is 0 Å². The molecule has 1 aromatic carbocycles. The van der Waals surface area contributed by atoms with Crippen molar-refractivity contribution in [1.29, 1.82) is 0 Å². The van der Waals surface area contributed by atoms with Gasteiger partial charge in [-0.2, -0.15) is 0 Å². The van der Waals surface area contributed by atoms with Gasteiger partial charge in [0.25, 0.3) is 0 Å². The minimum Gasteiger partial charge on any atom is -0.457 e. The highest BCUT2D eigenvalue weighted by Crippen LogP contribution is 2.25. The van der Waals surface area contributed by atoms with Gasteiger partial charge in [-0.3, -0.25) is 4.98 Å². The normalized spacial score (nSPS) is 10.1. The molecule has 0 spiro atoms. The van der Waals surface area contributed by atoms with Crippen LogP contribution in [0.25, 0.3) is 0 Å². The van der Waals surface area contributed by atoms with Crippen LogP contribution in [0.5, 0.6) is 11.5 Å². The number of aromatic nitrogens is 1. The summed E-state index contributed by atoms with van der Waals surface area (Å²) in [5, 5.41) is 9.11.